The first-order valence-electron chi connectivity index (χ1n) is 14.2. The fourth-order valence-electron chi connectivity index (χ4n) is 5.34. The van der Waals surface area contributed by atoms with E-state index in [1.165, 1.54) is 18.1 Å². The normalized spacial score (nSPS) is 16.6. The second kappa shape index (κ2) is 13.1. The molecule has 4 aromatic carbocycles. The van der Waals surface area contributed by atoms with Crippen LogP contribution in [0.4, 0.5) is 43.9 Å². The Labute approximate surface area is 262 Å². The third-order valence-electron chi connectivity index (χ3n) is 7.71. The lowest BCUT2D eigenvalue weighted by atomic mass is 9.82. The van der Waals surface area contributed by atoms with Gasteiger partial charge < -0.3 is 4.74 Å². The Kier molecular flexibility index (Phi) is 9.31. The van der Waals surface area contributed by atoms with Crippen LogP contribution in [0.25, 0.3) is 21.9 Å². The molecular formula is C36H22F10O. The Morgan fingerprint density at radius 3 is 2.04 bits per heavy atom. The Morgan fingerprint density at radius 2 is 1.43 bits per heavy atom. The molecule has 242 valence electrons. The van der Waals surface area contributed by atoms with Gasteiger partial charge >= 0.3 is 12.3 Å². The molecule has 0 aliphatic heterocycles. The summed E-state index contributed by atoms with van der Waals surface area (Å²) in [6.07, 6.45) is -4.09. The maximum absolute atomic E-state index is 15.1. The summed E-state index contributed by atoms with van der Waals surface area (Å²) >= 11 is 0. The molecule has 0 saturated heterocycles. The highest BCUT2D eigenvalue weighted by atomic mass is 19.4. The van der Waals surface area contributed by atoms with Crippen LogP contribution in [0.3, 0.4) is 0 Å². The molecule has 0 atom stereocenters. The number of benzene rings is 4. The molecule has 0 radical (unpaired) electrons. The average molecular weight is 661 g/mol. The van der Waals surface area contributed by atoms with E-state index in [4.69, 9.17) is 0 Å². The lowest BCUT2D eigenvalue weighted by Crippen LogP contribution is -2.25. The number of rotatable bonds is 5. The van der Waals surface area contributed by atoms with Crippen LogP contribution in [0.5, 0.6) is 5.75 Å². The summed E-state index contributed by atoms with van der Waals surface area (Å²) in [5, 5.41) is -0.893. The first-order chi connectivity index (χ1) is 22.1. The predicted molar refractivity (Wildman–Crippen MR) is 156 cm³/mol. The second-order valence-electron chi connectivity index (χ2n) is 10.9. The summed E-state index contributed by atoms with van der Waals surface area (Å²) in [6, 6.07) is 7.55. The Morgan fingerprint density at radius 1 is 0.745 bits per heavy atom. The Hall–Kier alpha value is -4.90. The van der Waals surface area contributed by atoms with Gasteiger partial charge in [0.25, 0.3) is 0 Å². The van der Waals surface area contributed by atoms with E-state index < -0.39 is 69.0 Å². The van der Waals surface area contributed by atoms with Crippen LogP contribution in [-0.2, 0) is 6.11 Å². The summed E-state index contributed by atoms with van der Waals surface area (Å²) in [5.41, 5.74) is -3.33. The Bertz CT molecular complexity index is 1960. The summed E-state index contributed by atoms with van der Waals surface area (Å²) < 4.78 is 146. The van der Waals surface area contributed by atoms with Gasteiger partial charge in [0, 0.05) is 28.4 Å². The van der Waals surface area contributed by atoms with Crippen LogP contribution in [0.15, 0.2) is 67.3 Å². The van der Waals surface area contributed by atoms with Crippen molar-refractivity contribution in [1.29, 1.82) is 0 Å². The van der Waals surface area contributed by atoms with Gasteiger partial charge in [0.15, 0.2) is 0 Å². The third kappa shape index (κ3) is 7.57. The number of alkyl halides is 5. The highest BCUT2D eigenvalue weighted by Gasteiger charge is 2.41. The molecular weight excluding hydrogens is 638 g/mol. The van der Waals surface area contributed by atoms with Crippen molar-refractivity contribution in [3.63, 3.8) is 0 Å². The lowest BCUT2D eigenvalue weighted by Gasteiger charge is -2.22. The minimum Gasteiger partial charge on any atom is -0.429 e. The average Bonchev–Trinajstić information content (AvgIpc) is 2.98. The van der Waals surface area contributed by atoms with Crippen molar-refractivity contribution < 1.29 is 48.6 Å². The molecule has 5 rings (SSSR count). The van der Waals surface area contributed by atoms with Crippen molar-refractivity contribution in [2.75, 3.05) is 0 Å². The topological polar surface area (TPSA) is 9.23 Å². The van der Waals surface area contributed by atoms with Gasteiger partial charge in [0.05, 0.1) is 5.56 Å². The molecule has 1 aliphatic rings. The van der Waals surface area contributed by atoms with Crippen LogP contribution in [0.2, 0.25) is 0 Å². The molecule has 1 fully saturated rings. The highest BCUT2D eigenvalue weighted by molar-refractivity contribution is 5.86. The molecule has 0 bridgehead atoms. The zero-order valence-electron chi connectivity index (χ0n) is 24.2. The Balaban J connectivity index is 1.37. The van der Waals surface area contributed by atoms with E-state index in [9.17, 15) is 26.3 Å². The monoisotopic (exact) mass is 660 g/mol. The van der Waals surface area contributed by atoms with E-state index in [1.807, 2.05) is 6.08 Å². The zero-order valence-corrected chi connectivity index (χ0v) is 24.2. The lowest BCUT2D eigenvalue weighted by molar-refractivity contribution is -0.189. The van der Waals surface area contributed by atoms with E-state index in [1.54, 1.807) is 0 Å². The van der Waals surface area contributed by atoms with Gasteiger partial charge in [-0.25, -0.2) is 22.0 Å². The van der Waals surface area contributed by atoms with Crippen molar-refractivity contribution in [2.24, 2.45) is 11.8 Å². The molecule has 0 unspecified atom stereocenters. The van der Waals surface area contributed by atoms with Crippen molar-refractivity contribution >= 4 is 10.8 Å². The zero-order chi connectivity index (χ0) is 34.1. The van der Waals surface area contributed by atoms with Gasteiger partial charge in [-0.3, -0.25) is 0 Å². The fourth-order valence-corrected chi connectivity index (χ4v) is 5.34. The summed E-state index contributed by atoms with van der Waals surface area (Å²) in [6.45, 7) is 3.80. The van der Waals surface area contributed by atoms with Crippen LogP contribution < -0.4 is 4.74 Å². The van der Waals surface area contributed by atoms with E-state index in [-0.39, 0.29) is 17.0 Å². The van der Waals surface area contributed by atoms with Gasteiger partial charge in [-0.05, 0) is 91.1 Å². The fraction of sp³-hybridized carbons (Fsp3) is 0.222. The summed E-state index contributed by atoms with van der Waals surface area (Å²) in [7, 11) is 0. The van der Waals surface area contributed by atoms with E-state index in [2.05, 4.69) is 23.2 Å². The minimum absolute atomic E-state index is 0.143. The van der Waals surface area contributed by atoms with Crippen molar-refractivity contribution in [1.82, 2.24) is 0 Å². The predicted octanol–water partition coefficient (Wildman–Crippen LogP) is 10.6. The maximum Gasteiger partial charge on any atom is 0.458 e. The largest absolute Gasteiger partial charge is 0.458 e. The van der Waals surface area contributed by atoms with Gasteiger partial charge in [0.1, 0.15) is 40.4 Å². The molecule has 0 aromatic heterocycles. The number of allylic oxidation sites excluding steroid dienone is 1. The van der Waals surface area contributed by atoms with Gasteiger partial charge in [0.2, 0.25) is 0 Å². The van der Waals surface area contributed by atoms with Gasteiger partial charge in [-0.1, -0.05) is 29.9 Å². The first-order valence-corrected chi connectivity index (χ1v) is 14.2. The molecule has 11 heteroatoms. The molecule has 1 aliphatic carbocycles. The van der Waals surface area contributed by atoms with Gasteiger partial charge in [-0.2, -0.15) is 22.0 Å². The third-order valence-corrected chi connectivity index (χ3v) is 7.71. The van der Waals surface area contributed by atoms with Crippen LogP contribution in [-0.4, -0.2) is 6.18 Å². The standard InChI is InChI=1S/C36H22F10O/c1-2-20-3-5-21(6-4-20)7-8-22-9-11-26(29(37)15-22)24-18-31(39)33(32(40)19-24)36(45,46)47-25-10-12-27-23(16-25)17-30(38)28(34(27)41)13-14-35(42,43)44/h2,9-12,15-21H,1,3-6H2. The van der Waals surface area contributed by atoms with E-state index in [0.717, 1.165) is 49.8 Å². The number of hydrogen-bond donors (Lipinski definition) is 0. The van der Waals surface area contributed by atoms with Crippen molar-refractivity contribution in [2.45, 2.75) is 38.0 Å². The van der Waals surface area contributed by atoms with Crippen molar-refractivity contribution in [3.8, 4) is 40.6 Å². The molecule has 0 spiro atoms. The number of ether oxygens (including phenoxy) is 1. The molecule has 1 saturated carbocycles. The van der Waals surface area contributed by atoms with Crippen LogP contribution >= 0.6 is 0 Å². The van der Waals surface area contributed by atoms with Gasteiger partial charge in [-0.15, -0.1) is 6.58 Å². The van der Waals surface area contributed by atoms with E-state index in [0.29, 0.717) is 35.7 Å². The van der Waals surface area contributed by atoms with Crippen molar-refractivity contribution in [3.05, 3.63) is 113 Å². The maximum atomic E-state index is 15.1. The molecule has 1 nitrogen and oxygen atoms in total. The minimum atomic E-state index is -5.03. The number of halogens is 10. The first kappa shape index (κ1) is 33.5. The second-order valence-corrected chi connectivity index (χ2v) is 10.9. The van der Waals surface area contributed by atoms with Crippen LogP contribution in [0.1, 0.15) is 42.4 Å². The number of hydrogen-bond acceptors (Lipinski definition) is 1. The SMILES string of the molecule is C=CC1CCC(C#Cc2ccc(-c3cc(F)c(C(F)(F)Oc4ccc5c(F)c(C#CC(F)(F)F)c(F)cc5c4)c(F)c3)c(F)c2)CC1. The summed E-state index contributed by atoms with van der Waals surface area (Å²) in [4.78, 5) is 0. The summed E-state index contributed by atoms with van der Waals surface area (Å²) in [5.74, 6) is 0.501. The number of fused-ring (bicyclic) bond motifs is 1. The highest BCUT2D eigenvalue weighted by Crippen LogP contribution is 2.39. The van der Waals surface area contributed by atoms with Crippen LogP contribution in [0, 0.1) is 64.6 Å². The smallest absolute Gasteiger partial charge is 0.429 e. The molecule has 4 aromatic rings. The molecule has 0 N–H and O–H groups in total. The van der Waals surface area contributed by atoms with E-state index >= 15 is 17.6 Å². The quantitative estimate of drug-likeness (QED) is 0.118. The molecule has 0 amide bonds. The molecule has 0 heterocycles. The molecule has 47 heavy (non-hydrogen) atoms.